The summed E-state index contributed by atoms with van der Waals surface area (Å²) in [7, 11) is -4.13. The number of benzene rings is 4. The Balaban J connectivity index is 1.78. The Kier molecular flexibility index (Phi) is 11.4. The van der Waals surface area contributed by atoms with Crippen molar-refractivity contribution in [1.82, 2.24) is 10.2 Å². The molecule has 7 nitrogen and oxygen atoms in total. The van der Waals surface area contributed by atoms with Crippen molar-refractivity contribution in [3.8, 4) is 0 Å². The molecular formula is C35H38BrN3O4S. The van der Waals surface area contributed by atoms with Crippen LogP contribution < -0.4 is 9.62 Å². The Morgan fingerprint density at radius 2 is 1.39 bits per heavy atom. The maximum absolute atomic E-state index is 14.4. The Morgan fingerprint density at radius 3 is 1.98 bits per heavy atom. The number of hydrogen-bond donors (Lipinski definition) is 1. The second-order valence-electron chi connectivity index (χ2n) is 10.8. The number of amides is 2. The van der Waals surface area contributed by atoms with Gasteiger partial charge in [-0.15, -0.1) is 0 Å². The third-order valence-corrected chi connectivity index (χ3v) is 9.61. The number of carbonyl (C=O) groups excluding carboxylic acids is 2. The number of rotatable bonds is 13. The van der Waals surface area contributed by atoms with E-state index in [4.69, 9.17) is 0 Å². The molecule has 4 rings (SSSR count). The monoisotopic (exact) mass is 675 g/mol. The molecule has 44 heavy (non-hydrogen) atoms. The lowest BCUT2D eigenvalue weighted by molar-refractivity contribution is -0.140. The number of sulfonamides is 1. The average Bonchev–Trinajstić information content (AvgIpc) is 3.02. The quantitative estimate of drug-likeness (QED) is 0.177. The number of nitrogens with zero attached hydrogens (tertiary/aromatic N) is 2. The molecule has 1 atom stereocenters. The highest BCUT2D eigenvalue weighted by atomic mass is 79.9. The molecule has 0 fully saturated rings. The van der Waals surface area contributed by atoms with Crippen LogP contribution in [0.25, 0.3) is 0 Å². The molecule has 9 heteroatoms. The molecule has 0 saturated carbocycles. The van der Waals surface area contributed by atoms with Gasteiger partial charge < -0.3 is 10.2 Å². The summed E-state index contributed by atoms with van der Waals surface area (Å²) in [5.74, 6) is -0.777. The third kappa shape index (κ3) is 8.57. The molecule has 0 aliphatic heterocycles. The number of carbonyl (C=O) groups is 2. The SMILES string of the molecule is CCCNC(=O)[C@@H](Cc1ccccc1)N(Cc1ccc(Br)cc1)C(=O)CN(c1ccc(C)cc1)S(=O)(=O)c1ccc(C)cc1. The van der Waals surface area contributed by atoms with Crippen molar-refractivity contribution in [2.75, 3.05) is 17.4 Å². The first-order valence-electron chi connectivity index (χ1n) is 14.6. The Labute approximate surface area is 269 Å². The topological polar surface area (TPSA) is 86.8 Å². The van der Waals surface area contributed by atoms with Crippen molar-refractivity contribution < 1.29 is 18.0 Å². The highest BCUT2D eigenvalue weighted by Gasteiger charge is 2.34. The fourth-order valence-electron chi connectivity index (χ4n) is 4.78. The van der Waals surface area contributed by atoms with Crippen LogP contribution in [0.4, 0.5) is 5.69 Å². The van der Waals surface area contributed by atoms with Gasteiger partial charge in [-0.3, -0.25) is 13.9 Å². The molecule has 4 aromatic carbocycles. The van der Waals surface area contributed by atoms with Gasteiger partial charge in [-0.25, -0.2) is 8.42 Å². The molecular weight excluding hydrogens is 638 g/mol. The third-order valence-electron chi connectivity index (χ3n) is 7.30. The first kappa shape index (κ1) is 33.0. The summed E-state index contributed by atoms with van der Waals surface area (Å²) < 4.78 is 30.2. The fourth-order valence-corrected chi connectivity index (χ4v) is 6.46. The molecule has 0 spiro atoms. The summed E-state index contributed by atoms with van der Waals surface area (Å²) in [5, 5.41) is 2.96. The molecule has 0 radical (unpaired) electrons. The summed E-state index contributed by atoms with van der Waals surface area (Å²) in [6.07, 6.45) is 1.01. The number of hydrogen-bond acceptors (Lipinski definition) is 4. The average molecular weight is 677 g/mol. The number of anilines is 1. The molecule has 0 aliphatic rings. The van der Waals surface area contributed by atoms with E-state index in [2.05, 4.69) is 21.2 Å². The standard InChI is InChI=1S/C35H38BrN3O4S/c1-4-22-37-35(41)33(23-28-8-6-5-7-9-28)38(24-29-14-16-30(36)17-15-29)34(40)25-39(31-18-10-26(2)11-19-31)44(42,43)32-20-12-27(3)13-21-32/h5-21,33H,4,22-25H2,1-3H3,(H,37,41)/t33-/m1/s1. The Hall–Kier alpha value is -3.95. The van der Waals surface area contributed by atoms with Gasteiger partial charge in [0.05, 0.1) is 10.6 Å². The minimum Gasteiger partial charge on any atom is -0.354 e. The highest BCUT2D eigenvalue weighted by Crippen LogP contribution is 2.26. The van der Waals surface area contributed by atoms with Crippen LogP contribution in [-0.2, 0) is 32.6 Å². The highest BCUT2D eigenvalue weighted by molar-refractivity contribution is 9.10. The van der Waals surface area contributed by atoms with Crippen molar-refractivity contribution >= 4 is 43.5 Å². The molecule has 0 saturated heterocycles. The van der Waals surface area contributed by atoms with Crippen LogP contribution in [0, 0.1) is 13.8 Å². The van der Waals surface area contributed by atoms with Gasteiger partial charge in [-0.1, -0.05) is 101 Å². The van der Waals surface area contributed by atoms with Crippen LogP contribution in [0.3, 0.4) is 0 Å². The zero-order valence-electron chi connectivity index (χ0n) is 25.2. The molecule has 0 aromatic heterocycles. The van der Waals surface area contributed by atoms with E-state index in [9.17, 15) is 18.0 Å². The summed E-state index contributed by atoms with van der Waals surface area (Å²) >= 11 is 3.46. The van der Waals surface area contributed by atoms with E-state index in [-0.39, 0.29) is 23.8 Å². The second-order valence-corrected chi connectivity index (χ2v) is 13.6. The van der Waals surface area contributed by atoms with E-state index in [1.54, 1.807) is 36.4 Å². The predicted molar refractivity (Wildman–Crippen MR) is 179 cm³/mol. The second kappa shape index (κ2) is 15.2. The van der Waals surface area contributed by atoms with Gasteiger partial charge in [0.15, 0.2) is 0 Å². The Morgan fingerprint density at radius 1 is 0.795 bits per heavy atom. The van der Waals surface area contributed by atoms with Crippen LogP contribution in [-0.4, -0.2) is 44.3 Å². The van der Waals surface area contributed by atoms with E-state index in [1.807, 2.05) is 87.5 Å². The summed E-state index contributed by atoms with van der Waals surface area (Å²) in [5.41, 5.74) is 3.94. The largest absolute Gasteiger partial charge is 0.354 e. The van der Waals surface area contributed by atoms with Crippen molar-refractivity contribution in [2.45, 2.75) is 51.1 Å². The van der Waals surface area contributed by atoms with Crippen molar-refractivity contribution in [3.05, 3.63) is 130 Å². The predicted octanol–water partition coefficient (Wildman–Crippen LogP) is 6.43. The molecule has 0 bridgehead atoms. The van der Waals surface area contributed by atoms with Gasteiger partial charge >= 0.3 is 0 Å². The zero-order valence-corrected chi connectivity index (χ0v) is 27.6. The summed E-state index contributed by atoms with van der Waals surface area (Å²) in [6.45, 7) is 5.86. The number of nitrogens with one attached hydrogen (secondary N) is 1. The summed E-state index contributed by atoms with van der Waals surface area (Å²) in [4.78, 5) is 29.7. The van der Waals surface area contributed by atoms with Gasteiger partial charge in [0, 0.05) is 24.0 Å². The van der Waals surface area contributed by atoms with Crippen LogP contribution >= 0.6 is 15.9 Å². The van der Waals surface area contributed by atoms with E-state index in [1.165, 1.54) is 4.90 Å². The zero-order chi connectivity index (χ0) is 31.7. The normalized spacial score (nSPS) is 11.9. The summed E-state index contributed by atoms with van der Waals surface area (Å²) in [6, 6.07) is 29.8. The van der Waals surface area contributed by atoms with Crippen molar-refractivity contribution in [2.24, 2.45) is 0 Å². The fraction of sp³-hybridized carbons (Fsp3) is 0.257. The van der Waals surface area contributed by atoms with Gasteiger partial charge in [-0.05, 0) is 67.8 Å². The van der Waals surface area contributed by atoms with Gasteiger partial charge in [0.25, 0.3) is 10.0 Å². The van der Waals surface area contributed by atoms with E-state index < -0.39 is 28.5 Å². The first-order chi connectivity index (χ1) is 21.1. The van der Waals surface area contributed by atoms with Crippen LogP contribution in [0.5, 0.6) is 0 Å². The van der Waals surface area contributed by atoms with Crippen molar-refractivity contribution in [3.63, 3.8) is 0 Å². The van der Waals surface area contributed by atoms with Crippen molar-refractivity contribution in [1.29, 1.82) is 0 Å². The lowest BCUT2D eigenvalue weighted by atomic mass is 10.0. The van der Waals surface area contributed by atoms with E-state index in [0.29, 0.717) is 12.2 Å². The first-order valence-corrected chi connectivity index (χ1v) is 16.8. The van der Waals surface area contributed by atoms with Gasteiger partial charge in [0.2, 0.25) is 11.8 Å². The molecule has 4 aromatic rings. The minimum absolute atomic E-state index is 0.0810. The molecule has 1 N–H and O–H groups in total. The molecule has 2 amide bonds. The Bertz CT molecular complexity index is 1640. The molecule has 230 valence electrons. The molecule has 0 heterocycles. The van der Waals surface area contributed by atoms with Crippen LogP contribution in [0.2, 0.25) is 0 Å². The smallest absolute Gasteiger partial charge is 0.264 e. The maximum Gasteiger partial charge on any atom is 0.264 e. The van der Waals surface area contributed by atoms with E-state index in [0.717, 1.165) is 37.5 Å². The van der Waals surface area contributed by atoms with Gasteiger partial charge in [0.1, 0.15) is 12.6 Å². The maximum atomic E-state index is 14.4. The number of halogens is 1. The molecule has 0 unspecified atom stereocenters. The lowest BCUT2D eigenvalue weighted by Gasteiger charge is -2.34. The van der Waals surface area contributed by atoms with Crippen LogP contribution in [0.15, 0.2) is 112 Å². The van der Waals surface area contributed by atoms with E-state index >= 15 is 0 Å². The van der Waals surface area contributed by atoms with Gasteiger partial charge in [-0.2, -0.15) is 0 Å². The minimum atomic E-state index is -4.13. The molecule has 0 aliphatic carbocycles. The van der Waals surface area contributed by atoms with Crippen LogP contribution in [0.1, 0.15) is 35.6 Å². The lowest BCUT2D eigenvalue weighted by Crippen LogP contribution is -2.53. The number of aryl methyl sites for hydroxylation is 2.